The molecule has 1 aliphatic heterocycles. The molecule has 0 bridgehead atoms. The standard InChI is InChI=1S/C13H15ClN4O/c14-11-1-3-12(4-2-11)16-13(19)18-9-7-17(6-5-15)8-10-18/h1-4H,6-10H2,(H,16,19). The van der Waals surface area contributed by atoms with Gasteiger partial charge in [-0.25, -0.2) is 4.79 Å². The van der Waals surface area contributed by atoms with Crippen LogP contribution >= 0.6 is 11.6 Å². The lowest BCUT2D eigenvalue weighted by molar-refractivity contribution is 0.156. The highest BCUT2D eigenvalue weighted by Crippen LogP contribution is 2.14. The molecule has 0 saturated carbocycles. The third kappa shape index (κ3) is 3.85. The summed E-state index contributed by atoms with van der Waals surface area (Å²) >= 11 is 5.79. The van der Waals surface area contributed by atoms with Gasteiger partial charge in [-0.05, 0) is 24.3 Å². The molecule has 0 spiro atoms. The summed E-state index contributed by atoms with van der Waals surface area (Å²) in [7, 11) is 0. The number of piperazine rings is 1. The van der Waals surface area contributed by atoms with E-state index in [1.165, 1.54) is 0 Å². The van der Waals surface area contributed by atoms with E-state index < -0.39 is 0 Å². The number of benzene rings is 1. The number of hydrogen-bond donors (Lipinski definition) is 1. The van der Waals surface area contributed by atoms with Gasteiger partial charge in [0.2, 0.25) is 0 Å². The highest BCUT2D eigenvalue weighted by molar-refractivity contribution is 6.30. The molecule has 0 atom stereocenters. The number of carbonyl (C=O) groups is 1. The van der Waals surface area contributed by atoms with Gasteiger partial charge in [0.25, 0.3) is 0 Å². The first-order chi connectivity index (χ1) is 9.19. The number of anilines is 1. The first-order valence-corrected chi connectivity index (χ1v) is 6.47. The minimum Gasteiger partial charge on any atom is -0.322 e. The van der Waals surface area contributed by atoms with Crippen molar-refractivity contribution in [3.63, 3.8) is 0 Å². The van der Waals surface area contributed by atoms with E-state index in [-0.39, 0.29) is 6.03 Å². The number of nitrogens with zero attached hydrogens (tertiary/aromatic N) is 3. The van der Waals surface area contributed by atoms with Crippen LogP contribution in [0.4, 0.5) is 10.5 Å². The summed E-state index contributed by atoms with van der Waals surface area (Å²) < 4.78 is 0. The molecular weight excluding hydrogens is 264 g/mol. The Kier molecular flexibility index (Phi) is 4.61. The van der Waals surface area contributed by atoms with Gasteiger partial charge >= 0.3 is 6.03 Å². The molecule has 100 valence electrons. The zero-order valence-electron chi connectivity index (χ0n) is 10.5. The zero-order chi connectivity index (χ0) is 13.7. The van der Waals surface area contributed by atoms with Crippen LogP contribution < -0.4 is 5.32 Å². The van der Waals surface area contributed by atoms with Gasteiger partial charge < -0.3 is 10.2 Å². The van der Waals surface area contributed by atoms with Crippen molar-refractivity contribution < 1.29 is 4.79 Å². The Labute approximate surface area is 117 Å². The van der Waals surface area contributed by atoms with Gasteiger partial charge in [-0.15, -0.1) is 0 Å². The van der Waals surface area contributed by atoms with Gasteiger partial charge in [0, 0.05) is 36.9 Å². The molecule has 0 aromatic heterocycles. The third-order valence-corrected chi connectivity index (χ3v) is 3.30. The predicted molar refractivity (Wildman–Crippen MR) is 74.1 cm³/mol. The molecule has 0 unspecified atom stereocenters. The van der Waals surface area contributed by atoms with Crippen LogP contribution in [-0.4, -0.2) is 48.6 Å². The maximum Gasteiger partial charge on any atom is 0.321 e. The molecule has 0 aliphatic carbocycles. The summed E-state index contributed by atoms with van der Waals surface area (Å²) in [4.78, 5) is 15.8. The molecule has 2 rings (SSSR count). The zero-order valence-corrected chi connectivity index (χ0v) is 11.2. The van der Waals surface area contributed by atoms with E-state index in [4.69, 9.17) is 16.9 Å². The van der Waals surface area contributed by atoms with E-state index in [1.807, 2.05) is 4.90 Å². The van der Waals surface area contributed by atoms with Crippen molar-refractivity contribution in [2.45, 2.75) is 0 Å². The Morgan fingerprint density at radius 1 is 1.26 bits per heavy atom. The van der Waals surface area contributed by atoms with Gasteiger partial charge in [0.05, 0.1) is 12.6 Å². The minimum atomic E-state index is -0.112. The molecule has 2 amide bonds. The third-order valence-electron chi connectivity index (χ3n) is 3.05. The summed E-state index contributed by atoms with van der Waals surface area (Å²) in [5.74, 6) is 0. The number of rotatable bonds is 2. The van der Waals surface area contributed by atoms with Crippen molar-refractivity contribution in [1.82, 2.24) is 9.80 Å². The van der Waals surface area contributed by atoms with Gasteiger partial charge in [0.15, 0.2) is 0 Å². The Balaban J connectivity index is 1.85. The quantitative estimate of drug-likeness (QED) is 0.842. The van der Waals surface area contributed by atoms with Crippen LogP contribution in [-0.2, 0) is 0 Å². The molecule has 1 aliphatic rings. The van der Waals surface area contributed by atoms with Crippen molar-refractivity contribution in [2.75, 3.05) is 38.0 Å². The monoisotopic (exact) mass is 278 g/mol. The molecule has 1 aromatic rings. The summed E-state index contributed by atoms with van der Waals surface area (Å²) in [6.45, 7) is 3.18. The van der Waals surface area contributed by atoms with Crippen LogP contribution in [0.15, 0.2) is 24.3 Å². The second kappa shape index (κ2) is 6.41. The number of halogens is 1. The fraction of sp³-hybridized carbons (Fsp3) is 0.385. The van der Waals surface area contributed by atoms with E-state index in [2.05, 4.69) is 11.4 Å². The fourth-order valence-electron chi connectivity index (χ4n) is 1.94. The van der Waals surface area contributed by atoms with Gasteiger partial charge in [-0.3, -0.25) is 4.90 Å². The molecule has 1 N–H and O–H groups in total. The molecule has 1 heterocycles. The molecule has 5 nitrogen and oxygen atoms in total. The molecule has 1 fully saturated rings. The fourth-order valence-corrected chi connectivity index (χ4v) is 2.07. The first-order valence-electron chi connectivity index (χ1n) is 6.10. The lowest BCUT2D eigenvalue weighted by Crippen LogP contribution is -2.49. The van der Waals surface area contributed by atoms with Crippen molar-refractivity contribution in [3.05, 3.63) is 29.3 Å². The molecule has 0 radical (unpaired) electrons. The Morgan fingerprint density at radius 2 is 1.89 bits per heavy atom. The number of amides is 2. The van der Waals surface area contributed by atoms with Crippen LogP contribution in [0.5, 0.6) is 0 Å². The van der Waals surface area contributed by atoms with Crippen LogP contribution in [0.2, 0.25) is 5.02 Å². The molecule has 1 aromatic carbocycles. The van der Waals surface area contributed by atoms with Crippen LogP contribution in [0.1, 0.15) is 0 Å². The van der Waals surface area contributed by atoms with Gasteiger partial charge in [-0.2, -0.15) is 5.26 Å². The summed E-state index contributed by atoms with van der Waals surface area (Å²) in [6, 6.07) is 9.03. The number of carbonyl (C=O) groups excluding carboxylic acids is 1. The second-order valence-corrected chi connectivity index (χ2v) is 4.79. The topological polar surface area (TPSA) is 59.4 Å². The molecule has 19 heavy (non-hydrogen) atoms. The van der Waals surface area contributed by atoms with E-state index in [0.29, 0.717) is 24.7 Å². The SMILES string of the molecule is N#CCN1CCN(C(=O)Nc2ccc(Cl)cc2)CC1. The highest BCUT2D eigenvalue weighted by atomic mass is 35.5. The normalized spacial score (nSPS) is 15.9. The minimum absolute atomic E-state index is 0.112. The summed E-state index contributed by atoms with van der Waals surface area (Å²) in [5, 5.41) is 12.1. The highest BCUT2D eigenvalue weighted by Gasteiger charge is 2.20. The second-order valence-electron chi connectivity index (χ2n) is 4.36. The van der Waals surface area contributed by atoms with Crippen molar-refractivity contribution in [3.8, 4) is 6.07 Å². The van der Waals surface area contributed by atoms with Gasteiger partial charge in [-0.1, -0.05) is 11.6 Å². The van der Waals surface area contributed by atoms with Crippen molar-refractivity contribution in [1.29, 1.82) is 5.26 Å². The Bertz CT molecular complexity index is 474. The average molecular weight is 279 g/mol. The summed E-state index contributed by atoms with van der Waals surface area (Å²) in [6.07, 6.45) is 0. The molecule has 6 heteroatoms. The largest absolute Gasteiger partial charge is 0.322 e. The lowest BCUT2D eigenvalue weighted by atomic mass is 10.3. The van der Waals surface area contributed by atoms with E-state index in [0.717, 1.165) is 18.8 Å². The van der Waals surface area contributed by atoms with E-state index in [9.17, 15) is 4.79 Å². The van der Waals surface area contributed by atoms with Crippen LogP contribution in [0.25, 0.3) is 0 Å². The predicted octanol–water partition coefficient (Wildman–Crippen LogP) is 2.01. The maximum absolute atomic E-state index is 12.0. The number of urea groups is 1. The van der Waals surface area contributed by atoms with Gasteiger partial charge in [0.1, 0.15) is 0 Å². The summed E-state index contributed by atoms with van der Waals surface area (Å²) in [5.41, 5.74) is 0.730. The van der Waals surface area contributed by atoms with E-state index >= 15 is 0 Å². The van der Waals surface area contributed by atoms with E-state index in [1.54, 1.807) is 29.2 Å². The maximum atomic E-state index is 12.0. The number of nitriles is 1. The first kappa shape index (κ1) is 13.7. The van der Waals surface area contributed by atoms with Crippen LogP contribution in [0, 0.1) is 11.3 Å². The average Bonchev–Trinajstić information content (AvgIpc) is 2.42. The lowest BCUT2D eigenvalue weighted by Gasteiger charge is -2.33. The van der Waals surface area contributed by atoms with Crippen LogP contribution in [0.3, 0.4) is 0 Å². The smallest absolute Gasteiger partial charge is 0.321 e. The Hall–Kier alpha value is -1.77. The van der Waals surface area contributed by atoms with Crippen molar-refractivity contribution in [2.24, 2.45) is 0 Å². The Morgan fingerprint density at radius 3 is 2.47 bits per heavy atom. The molecule has 1 saturated heterocycles. The number of hydrogen-bond acceptors (Lipinski definition) is 3. The van der Waals surface area contributed by atoms with Crippen molar-refractivity contribution >= 4 is 23.3 Å². The number of nitrogens with one attached hydrogen (secondary N) is 1. The molecular formula is C13H15ClN4O.